The van der Waals surface area contributed by atoms with Crippen molar-refractivity contribution in [1.82, 2.24) is 9.97 Å². The van der Waals surface area contributed by atoms with Crippen molar-refractivity contribution in [3.8, 4) is 0 Å². The van der Waals surface area contributed by atoms with Crippen molar-refractivity contribution >= 4 is 29.1 Å². The number of fused-ring (bicyclic) bond motifs is 1. The Bertz CT molecular complexity index is 450. The van der Waals surface area contributed by atoms with E-state index < -0.39 is 0 Å². The second kappa shape index (κ2) is 3.91. The molecule has 0 aromatic carbocycles. The highest BCUT2D eigenvalue weighted by molar-refractivity contribution is 6.32. The molecule has 17 heavy (non-hydrogen) atoms. The molecule has 2 aliphatic carbocycles. The van der Waals surface area contributed by atoms with Crippen molar-refractivity contribution in [2.24, 2.45) is 11.8 Å². The molecule has 3 atom stereocenters. The smallest absolute Gasteiger partial charge is 0.223 e. The van der Waals surface area contributed by atoms with Gasteiger partial charge < -0.3 is 16.8 Å². The van der Waals surface area contributed by atoms with E-state index in [2.05, 4.69) is 15.3 Å². The SMILES string of the molecule is Nc1nc(Cl)c(N)c(NC2CC[C@@H]3CC[C@H]23)n1. The highest BCUT2D eigenvalue weighted by Crippen LogP contribution is 2.48. The maximum absolute atomic E-state index is 5.89. The summed E-state index contributed by atoms with van der Waals surface area (Å²) < 4.78 is 0. The number of hydrogen-bond donors (Lipinski definition) is 3. The Hall–Kier alpha value is -1.23. The molecule has 2 fully saturated rings. The Morgan fingerprint density at radius 3 is 2.53 bits per heavy atom. The standard InChI is InChI=1S/C11H16ClN5/c12-9-8(13)10(17-11(14)16-9)15-7-4-2-5-1-3-6(5)7/h5-7H,1-4,13H2,(H3,14,15,16,17)/t5-,6-,7?/m0/s1. The average Bonchev–Trinajstić information content (AvgIpc) is 2.49. The van der Waals surface area contributed by atoms with Gasteiger partial charge in [-0.15, -0.1) is 0 Å². The Balaban J connectivity index is 1.81. The second-order valence-corrected chi connectivity index (χ2v) is 5.32. The predicted octanol–water partition coefficient (Wildman–Crippen LogP) is 1.89. The van der Waals surface area contributed by atoms with Crippen LogP contribution in [0.15, 0.2) is 0 Å². The van der Waals surface area contributed by atoms with Gasteiger partial charge >= 0.3 is 0 Å². The van der Waals surface area contributed by atoms with Crippen LogP contribution in [0.4, 0.5) is 17.5 Å². The van der Waals surface area contributed by atoms with Crippen LogP contribution >= 0.6 is 11.6 Å². The molecule has 92 valence electrons. The number of nitrogens with zero attached hydrogens (tertiary/aromatic N) is 2. The fraction of sp³-hybridized carbons (Fsp3) is 0.636. The van der Waals surface area contributed by atoms with Crippen LogP contribution in [0.2, 0.25) is 5.15 Å². The second-order valence-electron chi connectivity index (χ2n) is 4.96. The van der Waals surface area contributed by atoms with Crippen LogP contribution in [0.3, 0.4) is 0 Å². The van der Waals surface area contributed by atoms with Crippen molar-refractivity contribution < 1.29 is 0 Å². The van der Waals surface area contributed by atoms with Gasteiger partial charge in [0, 0.05) is 6.04 Å². The summed E-state index contributed by atoms with van der Waals surface area (Å²) in [6, 6.07) is 0.460. The third-order valence-corrected chi connectivity index (χ3v) is 4.37. The molecule has 0 aliphatic heterocycles. The van der Waals surface area contributed by atoms with Crippen LogP contribution in [0.5, 0.6) is 0 Å². The van der Waals surface area contributed by atoms with E-state index in [0.29, 0.717) is 17.5 Å². The zero-order valence-corrected chi connectivity index (χ0v) is 10.2. The summed E-state index contributed by atoms with van der Waals surface area (Å²) in [6.07, 6.45) is 5.15. The Morgan fingerprint density at radius 2 is 1.88 bits per heavy atom. The lowest BCUT2D eigenvalue weighted by atomic mass is 9.75. The summed E-state index contributed by atoms with van der Waals surface area (Å²) >= 11 is 5.89. The Labute approximate surface area is 105 Å². The third-order valence-electron chi connectivity index (χ3n) is 4.08. The van der Waals surface area contributed by atoms with Gasteiger partial charge in [-0.05, 0) is 37.5 Å². The minimum Gasteiger partial charge on any atom is -0.393 e. The molecule has 3 rings (SSSR count). The molecule has 0 spiro atoms. The quantitative estimate of drug-likeness (QED) is 0.701. The van der Waals surface area contributed by atoms with Crippen LogP contribution < -0.4 is 16.8 Å². The summed E-state index contributed by atoms with van der Waals surface area (Å²) in [5.74, 6) is 2.41. The molecule has 5 N–H and O–H groups in total. The fourth-order valence-electron chi connectivity index (χ4n) is 3.01. The lowest BCUT2D eigenvalue weighted by Crippen LogP contribution is -2.33. The predicted molar refractivity (Wildman–Crippen MR) is 68.7 cm³/mol. The number of nitrogens with one attached hydrogen (secondary N) is 1. The number of hydrogen-bond acceptors (Lipinski definition) is 5. The Kier molecular flexibility index (Phi) is 2.50. The first kappa shape index (κ1) is 10.9. The van der Waals surface area contributed by atoms with E-state index in [4.69, 9.17) is 23.1 Å². The minimum atomic E-state index is 0.162. The monoisotopic (exact) mass is 253 g/mol. The molecule has 0 radical (unpaired) electrons. The zero-order valence-electron chi connectivity index (χ0n) is 9.49. The lowest BCUT2D eigenvalue weighted by Gasteiger charge is -2.34. The average molecular weight is 254 g/mol. The van der Waals surface area contributed by atoms with Crippen LogP contribution in [0, 0.1) is 11.8 Å². The first-order valence-corrected chi connectivity index (χ1v) is 6.38. The van der Waals surface area contributed by atoms with E-state index in [1.165, 1.54) is 25.7 Å². The summed E-state index contributed by atoms with van der Waals surface area (Å²) in [4.78, 5) is 7.95. The highest BCUT2D eigenvalue weighted by atomic mass is 35.5. The molecule has 0 bridgehead atoms. The largest absolute Gasteiger partial charge is 0.393 e. The normalized spacial score (nSPS) is 30.8. The summed E-state index contributed by atoms with van der Waals surface area (Å²) in [6.45, 7) is 0. The van der Waals surface area contributed by atoms with Crippen molar-refractivity contribution in [3.63, 3.8) is 0 Å². The molecule has 2 saturated carbocycles. The molecule has 0 amide bonds. The van der Waals surface area contributed by atoms with Crippen molar-refractivity contribution in [2.75, 3.05) is 16.8 Å². The van der Waals surface area contributed by atoms with Gasteiger partial charge in [-0.3, -0.25) is 0 Å². The molecule has 1 aromatic heterocycles. The number of rotatable bonds is 2. The van der Waals surface area contributed by atoms with Crippen molar-refractivity contribution in [3.05, 3.63) is 5.15 Å². The lowest BCUT2D eigenvalue weighted by molar-refractivity contribution is 0.208. The number of nitrogens with two attached hydrogens (primary N) is 2. The van der Waals surface area contributed by atoms with Gasteiger partial charge in [0.05, 0.1) is 0 Å². The molecule has 2 aliphatic rings. The number of nitrogen functional groups attached to an aromatic ring is 2. The van der Waals surface area contributed by atoms with Gasteiger partial charge in [0.2, 0.25) is 5.95 Å². The zero-order chi connectivity index (χ0) is 12.0. The molecule has 0 saturated heterocycles. The Morgan fingerprint density at radius 1 is 1.12 bits per heavy atom. The highest BCUT2D eigenvalue weighted by Gasteiger charge is 2.42. The number of aromatic nitrogens is 2. The van der Waals surface area contributed by atoms with Crippen LogP contribution in [-0.2, 0) is 0 Å². The number of halogens is 1. The molecular formula is C11H16ClN5. The first-order valence-electron chi connectivity index (χ1n) is 6.00. The van der Waals surface area contributed by atoms with Crippen molar-refractivity contribution in [2.45, 2.75) is 31.7 Å². The van der Waals surface area contributed by atoms with Crippen LogP contribution in [0.25, 0.3) is 0 Å². The van der Waals surface area contributed by atoms with E-state index in [1.807, 2.05) is 0 Å². The topological polar surface area (TPSA) is 89.8 Å². The van der Waals surface area contributed by atoms with Gasteiger partial charge in [0.25, 0.3) is 0 Å². The molecule has 1 unspecified atom stereocenters. The molecular weight excluding hydrogens is 238 g/mol. The molecule has 6 heteroatoms. The summed E-state index contributed by atoms with van der Waals surface area (Å²) in [5.41, 5.74) is 11.8. The third kappa shape index (κ3) is 1.78. The molecule has 5 nitrogen and oxygen atoms in total. The fourth-order valence-corrected chi connectivity index (χ4v) is 3.19. The summed E-state index contributed by atoms with van der Waals surface area (Å²) in [5, 5.41) is 3.61. The van der Waals surface area contributed by atoms with Crippen LogP contribution in [-0.4, -0.2) is 16.0 Å². The van der Waals surface area contributed by atoms with E-state index in [9.17, 15) is 0 Å². The van der Waals surface area contributed by atoms with E-state index >= 15 is 0 Å². The summed E-state index contributed by atoms with van der Waals surface area (Å²) in [7, 11) is 0. The van der Waals surface area contributed by atoms with E-state index in [-0.39, 0.29) is 11.1 Å². The van der Waals surface area contributed by atoms with Gasteiger partial charge in [0.1, 0.15) is 5.69 Å². The molecule has 1 heterocycles. The minimum absolute atomic E-state index is 0.162. The van der Waals surface area contributed by atoms with Crippen LogP contribution in [0.1, 0.15) is 25.7 Å². The number of anilines is 3. The first-order chi connectivity index (χ1) is 8.15. The van der Waals surface area contributed by atoms with Gasteiger partial charge in [-0.1, -0.05) is 11.6 Å². The van der Waals surface area contributed by atoms with Gasteiger partial charge in [-0.2, -0.15) is 9.97 Å². The van der Waals surface area contributed by atoms with Crippen molar-refractivity contribution in [1.29, 1.82) is 0 Å². The maximum atomic E-state index is 5.89. The van der Waals surface area contributed by atoms with Gasteiger partial charge in [0.15, 0.2) is 11.0 Å². The molecule has 1 aromatic rings. The van der Waals surface area contributed by atoms with E-state index in [1.54, 1.807) is 0 Å². The van der Waals surface area contributed by atoms with Gasteiger partial charge in [-0.25, -0.2) is 0 Å². The van der Waals surface area contributed by atoms with E-state index in [0.717, 1.165) is 11.8 Å². The maximum Gasteiger partial charge on any atom is 0.223 e.